The smallest absolute Gasteiger partial charge is 0.303 e. The number of carboxylic acid groups (broad SMARTS) is 1. The largest absolute Gasteiger partial charge is 0.481 e. The van der Waals surface area contributed by atoms with Gasteiger partial charge in [-0.05, 0) is 50.4 Å². The third-order valence-electron chi connectivity index (χ3n) is 6.47. The van der Waals surface area contributed by atoms with Crippen LogP contribution in [0.2, 0.25) is 0 Å². The summed E-state index contributed by atoms with van der Waals surface area (Å²) >= 11 is 0. The van der Waals surface area contributed by atoms with Gasteiger partial charge in [0.05, 0.1) is 12.2 Å². The molecular weight excluding hydrogens is 356 g/mol. The maximum atomic E-state index is 10.6. The Hall–Kier alpha value is -0.910. The summed E-state index contributed by atoms with van der Waals surface area (Å²) < 4.78 is 17.8. The fourth-order valence-electron chi connectivity index (χ4n) is 4.92. The average molecular weight is 395 g/mol. The van der Waals surface area contributed by atoms with E-state index in [4.69, 9.17) is 19.3 Å². The number of carbonyl (C=O) groups is 1. The van der Waals surface area contributed by atoms with Crippen LogP contribution in [0.25, 0.3) is 0 Å². The van der Waals surface area contributed by atoms with Crippen molar-refractivity contribution in [2.24, 2.45) is 11.8 Å². The molecule has 3 heterocycles. The van der Waals surface area contributed by atoms with Crippen molar-refractivity contribution in [1.82, 2.24) is 0 Å². The van der Waals surface area contributed by atoms with E-state index in [2.05, 4.69) is 19.1 Å². The lowest BCUT2D eigenvalue weighted by atomic mass is 9.75. The van der Waals surface area contributed by atoms with Crippen LogP contribution in [-0.2, 0) is 19.0 Å². The maximum Gasteiger partial charge on any atom is 0.303 e. The first-order valence-electron chi connectivity index (χ1n) is 11.5. The molecule has 0 radical (unpaired) electrons. The van der Waals surface area contributed by atoms with Crippen LogP contribution >= 0.6 is 0 Å². The molecule has 6 atom stereocenters. The molecule has 3 rings (SSSR count). The minimum atomic E-state index is -0.711. The van der Waals surface area contributed by atoms with Gasteiger partial charge >= 0.3 is 5.97 Å². The molecule has 3 fully saturated rings. The Morgan fingerprint density at radius 3 is 2.36 bits per heavy atom. The van der Waals surface area contributed by atoms with E-state index in [9.17, 15) is 4.79 Å². The van der Waals surface area contributed by atoms with Gasteiger partial charge in [-0.1, -0.05) is 44.8 Å². The van der Waals surface area contributed by atoms with Gasteiger partial charge in [-0.15, -0.1) is 0 Å². The van der Waals surface area contributed by atoms with E-state index in [-0.39, 0.29) is 12.5 Å². The molecular formula is C23H38O5. The summed E-state index contributed by atoms with van der Waals surface area (Å²) in [6.45, 7) is 4.02. The van der Waals surface area contributed by atoms with Gasteiger partial charge in [0.25, 0.3) is 0 Å². The topological polar surface area (TPSA) is 68.3 Å². The summed E-state index contributed by atoms with van der Waals surface area (Å²) in [4.78, 5) is 10.6. The quantitative estimate of drug-likeness (QED) is 0.233. The maximum absolute atomic E-state index is 10.6. The Bertz CT molecular complexity index is 505. The summed E-state index contributed by atoms with van der Waals surface area (Å²) in [6, 6.07) is 0. The number of hydrogen-bond donors (Lipinski definition) is 1. The third-order valence-corrected chi connectivity index (χ3v) is 6.47. The van der Waals surface area contributed by atoms with E-state index in [1.807, 2.05) is 0 Å². The fraction of sp³-hybridized carbons (Fsp3) is 0.870. The Morgan fingerprint density at radius 1 is 0.893 bits per heavy atom. The summed E-state index contributed by atoms with van der Waals surface area (Å²) in [5.41, 5.74) is 0. The van der Waals surface area contributed by atoms with Crippen molar-refractivity contribution < 1.29 is 24.1 Å². The van der Waals surface area contributed by atoms with Gasteiger partial charge in [-0.25, -0.2) is 0 Å². The highest BCUT2D eigenvalue weighted by molar-refractivity contribution is 5.66. The van der Waals surface area contributed by atoms with E-state index < -0.39 is 5.97 Å². The molecule has 0 spiro atoms. The van der Waals surface area contributed by atoms with Gasteiger partial charge in [0.1, 0.15) is 12.2 Å². The first kappa shape index (κ1) is 21.8. The Kier molecular flexibility index (Phi) is 8.81. The molecule has 3 aliphatic heterocycles. The van der Waals surface area contributed by atoms with Crippen molar-refractivity contribution in [3.05, 3.63) is 12.2 Å². The number of allylic oxidation sites excluding steroid dienone is 2. The van der Waals surface area contributed by atoms with Gasteiger partial charge in [-0.3, -0.25) is 4.79 Å². The Morgan fingerprint density at radius 2 is 1.61 bits per heavy atom. The standard InChI is InChI=1S/C23H38O5/c1-2-3-4-10-15-26-16-11-9-13-18-17(12-7-5-6-8-14-19(24)25)20-22-23(28-22)21(18)27-20/h5,7,17-18,20-23H,2-4,6,8-16H2,1H3,(H,24,25)/b7-5-/t17-,18+,20+,21-,22-,23+/m0/s1. The molecule has 0 aromatic heterocycles. The molecule has 0 saturated carbocycles. The van der Waals surface area contributed by atoms with Crippen molar-refractivity contribution in [2.45, 2.75) is 102 Å². The van der Waals surface area contributed by atoms with E-state index >= 15 is 0 Å². The van der Waals surface area contributed by atoms with Crippen molar-refractivity contribution in [2.75, 3.05) is 13.2 Å². The van der Waals surface area contributed by atoms with Gasteiger partial charge in [-0.2, -0.15) is 0 Å². The van der Waals surface area contributed by atoms with Crippen molar-refractivity contribution in [3.8, 4) is 0 Å². The number of aliphatic carboxylic acids is 1. The number of fused-ring (bicyclic) bond motifs is 5. The van der Waals surface area contributed by atoms with E-state index in [1.54, 1.807) is 0 Å². The number of carboxylic acids is 1. The first-order valence-corrected chi connectivity index (χ1v) is 11.5. The zero-order valence-corrected chi connectivity index (χ0v) is 17.4. The van der Waals surface area contributed by atoms with Gasteiger partial charge in [0.2, 0.25) is 0 Å². The van der Waals surface area contributed by atoms with Gasteiger partial charge in [0, 0.05) is 19.6 Å². The van der Waals surface area contributed by atoms with Crippen LogP contribution in [0, 0.1) is 11.8 Å². The van der Waals surface area contributed by atoms with E-state index in [0.717, 1.165) is 38.9 Å². The monoisotopic (exact) mass is 394 g/mol. The normalized spacial score (nSPS) is 32.9. The molecule has 0 unspecified atom stereocenters. The lowest BCUT2D eigenvalue weighted by Crippen LogP contribution is -2.32. The molecule has 0 amide bonds. The predicted molar refractivity (Wildman–Crippen MR) is 108 cm³/mol. The highest BCUT2D eigenvalue weighted by Crippen LogP contribution is 2.56. The second kappa shape index (κ2) is 11.3. The molecule has 0 aromatic carbocycles. The lowest BCUT2D eigenvalue weighted by molar-refractivity contribution is -0.137. The van der Waals surface area contributed by atoms with Gasteiger partial charge < -0.3 is 19.3 Å². The highest BCUT2D eigenvalue weighted by atomic mass is 16.7. The summed E-state index contributed by atoms with van der Waals surface area (Å²) in [6.07, 6.45) is 17.1. The minimum absolute atomic E-state index is 0.252. The molecule has 0 aromatic rings. The summed E-state index contributed by atoms with van der Waals surface area (Å²) in [5, 5.41) is 8.70. The van der Waals surface area contributed by atoms with Crippen LogP contribution in [0.5, 0.6) is 0 Å². The summed E-state index contributed by atoms with van der Waals surface area (Å²) in [5.74, 6) is 0.443. The molecule has 3 saturated heterocycles. The molecule has 2 bridgehead atoms. The second-order valence-electron chi connectivity index (χ2n) is 8.62. The van der Waals surface area contributed by atoms with Crippen LogP contribution < -0.4 is 0 Å². The number of ether oxygens (including phenoxy) is 3. The molecule has 0 aliphatic carbocycles. The van der Waals surface area contributed by atoms with Gasteiger partial charge in [0.15, 0.2) is 0 Å². The molecule has 1 N–H and O–H groups in total. The molecule has 28 heavy (non-hydrogen) atoms. The molecule has 5 nitrogen and oxygen atoms in total. The second-order valence-corrected chi connectivity index (χ2v) is 8.62. The fourth-order valence-corrected chi connectivity index (χ4v) is 4.92. The average Bonchev–Trinajstić information content (AvgIpc) is 3.30. The van der Waals surface area contributed by atoms with Crippen LogP contribution in [0.15, 0.2) is 12.2 Å². The van der Waals surface area contributed by atoms with Crippen molar-refractivity contribution >= 4 is 5.97 Å². The van der Waals surface area contributed by atoms with Crippen LogP contribution in [0.1, 0.15) is 77.6 Å². The van der Waals surface area contributed by atoms with Crippen molar-refractivity contribution in [3.63, 3.8) is 0 Å². The predicted octanol–water partition coefficient (Wildman–Crippen LogP) is 4.74. The first-order chi connectivity index (χ1) is 13.7. The Labute approximate surface area is 169 Å². The van der Waals surface area contributed by atoms with E-state index in [0.29, 0.717) is 30.1 Å². The van der Waals surface area contributed by atoms with Crippen molar-refractivity contribution in [1.29, 1.82) is 0 Å². The van der Waals surface area contributed by atoms with E-state index in [1.165, 1.54) is 38.5 Å². The lowest BCUT2D eigenvalue weighted by Gasteiger charge is -2.25. The highest BCUT2D eigenvalue weighted by Gasteiger charge is 2.68. The number of epoxide rings is 1. The van der Waals surface area contributed by atoms with Crippen LogP contribution in [0.3, 0.4) is 0 Å². The number of unbranched alkanes of at least 4 members (excludes halogenated alkanes) is 5. The summed E-state index contributed by atoms with van der Waals surface area (Å²) in [7, 11) is 0. The number of hydrogen-bond acceptors (Lipinski definition) is 4. The number of rotatable bonds is 16. The third kappa shape index (κ3) is 6.04. The molecule has 160 valence electrons. The zero-order chi connectivity index (χ0) is 19.8. The SMILES string of the molecule is CCCCCCOCCCC[C@@H]1[C@H](C/C=C\CCCC(=O)O)[C@H]2O[C@@H]1[C@H]1O[C@H]12. The molecule has 5 heteroatoms. The Balaban J connectivity index is 1.31. The zero-order valence-electron chi connectivity index (χ0n) is 17.4. The van der Waals surface area contributed by atoms with Crippen LogP contribution in [0.4, 0.5) is 0 Å². The molecule has 3 aliphatic rings. The minimum Gasteiger partial charge on any atom is -0.481 e. The van der Waals surface area contributed by atoms with Crippen LogP contribution in [-0.4, -0.2) is 48.7 Å².